The molecule has 1 N–H and O–H groups in total. The second kappa shape index (κ2) is 7.02. The predicted molar refractivity (Wildman–Crippen MR) is 106 cm³/mol. The van der Waals surface area contributed by atoms with Crippen molar-refractivity contribution in [3.63, 3.8) is 0 Å². The summed E-state index contributed by atoms with van der Waals surface area (Å²) < 4.78 is 22.0. The van der Waals surface area contributed by atoms with Gasteiger partial charge in [0.15, 0.2) is 22.9 Å². The van der Waals surface area contributed by atoms with Crippen LogP contribution < -0.4 is 10.1 Å². The van der Waals surface area contributed by atoms with Gasteiger partial charge in [0.1, 0.15) is 5.00 Å². The van der Waals surface area contributed by atoms with Crippen molar-refractivity contribution >= 4 is 33.2 Å². The van der Waals surface area contributed by atoms with Gasteiger partial charge >= 0.3 is 0 Å². The van der Waals surface area contributed by atoms with E-state index < -0.39 is 0 Å². The molecule has 3 aromatic heterocycles. The quantitative estimate of drug-likeness (QED) is 0.537. The molecule has 0 atom stereocenters. The van der Waals surface area contributed by atoms with Crippen LogP contribution in [0.4, 0.5) is 5.00 Å². The Bertz CT molecular complexity index is 1220. The topological polar surface area (TPSA) is 99.6 Å². The van der Waals surface area contributed by atoms with Crippen molar-refractivity contribution in [3.05, 3.63) is 46.3 Å². The van der Waals surface area contributed by atoms with E-state index in [1.807, 2.05) is 12.1 Å². The molecule has 8 nitrogen and oxygen atoms in total. The van der Waals surface area contributed by atoms with E-state index in [9.17, 15) is 4.79 Å². The highest BCUT2D eigenvalue weighted by molar-refractivity contribution is 7.17. The summed E-state index contributed by atoms with van der Waals surface area (Å²) in [5.74, 6) is 1.34. The second-order valence-corrected chi connectivity index (χ2v) is 7.71. The van der Waals surface area contributed by atoms with Crippen LogP contribution in [0.3, 0.4) is 0 Å². The molecular formula is C20H17N3O5S. The second-order valence-electron chi connectivity index (χ2n) is 6.60. The third-order valence-electron chi connectivity index (χ3n) is 4.74. The molecule has 0 unspecified atom stereocenters. The van der Waals surface area contributed by atoms with Crippen molar-refractivity contribution in [2.75, 3.05) is 19.0 Å². The zero-order chi connectivity index (χ0) is 20.0. The van der Waals surface area contributed by atoms with Gasteiger partial charge in [-0.2, -0.15) is 4.98 Å². The first-order chi connectivity index (χ1) is 14.1. The van der Waals surface area contributed by atoms with Gasteiger partial charge < -0.3 is 23.7 Å². The van der Waals surface area contributed by atoms with Gasteiger partial charge in [0.25, 0.3) is 11.8 Å². The maximum atomic E-state index is 12.9. The number of anilines is 1. The first-order valence-corrected chi connectivity index (χ1v) is 9.86. The van der Waals surface area contributed by atoms with Crippen molar-refractivity contribution in [2.24, 2.45) is 0 Å². The molecule has 0 saturated carbocycles. The molecular weight excluding hydrogens is 394 g/mol. The summed E-state index contributed by atoms with van der Waals surface area (Å²) in [6.45, 7) is 2.87. The lowest BCUT2D eigenvalue weighted by molar-refractivity contribution is 0.0999. The lowest BCUT2D eigenvalue weighted by atomic mass is 10.1. The van der Waals surface area contributed by atoms with Crippen molar-refractivity contribution in [1.82, 2.24) is 10.1 Å². The van der Waals surface area contributed by atoms with E-state index in [0.29, 0.717) is 41.3 Å². The number of aromatic nitrogens is 2. The Labute approximate surface area is 169 Å². The van der Waals surface area contributed by atoms with Crippen LogP contribution in [0.1, 0.15) is 26.8 Å². The van der Waals surface area contributed by atoms with E-state index in [2.05, 4.69) is 15.5 Å². The van der Waals surface area contributed by atoms with Gasteiger partial charge in [-0.25, -0.2) is 0 Å². The maximum Gasteiger partial charge on any atom is 0.292 e. The van der Waals surface area contributed by atoms with Crippen LogP contribution in [-0.4, -0.2) is 29.8 Å². The average Bonchev–Trinajstić information content (AvgIpc) is 3.43. The molecule has 1 aromatic carbocycles. The minimum atomic E-state index is -0.361. The van der Waals surface area contributed by atoms with E-state index in [-0.39, 0.29) is 11.7 Å². The number of ether oxygens (including phenoxy) is 2. The Hall–Kier alpha value is -3.17. The largest absolute Gasteiger partial charge is 0.493 e. The van der Waals surface area contributed by atoms with Gasteiger partial charge in [-0.15, -0.1) is 11.3 Å². The highest BCUT2D eigenvalue weighted by Gasteiger charge is 2.27. The molecule has 148 valence electrons. The lowest BCUT2D eigenvalue weighted by Gasteiger charge is -2.12. The first-order valence-electron chi connectivity index (χ1n) is 9.05. The van der Waals surface area contributed by atoms with Gasteiger partial charge in [0, 0.05) is 10.3 Å². The zero-order valence-electron chi connectivity index (χ0n) is 15.8. The summed E-state index contributed by atoms with van der Waals surface area (Å²) in [4.78, 5) is 18.3. The van der Waals surface area contributed by atoms with Crippen LogP contribution in [0.25, 0.3) is 22.4 Å². The zero-order valence-corrected chi connectivity index (χ0v) is 16.6. The van der Waals surface area contributed by atoms with Gasteiger partial charge in [-0.1, -0.05) is 17.3 Å². The Morgan fingerprint density at radius 1 is 1.34 bits per heavy atom. The molecule has 0 aliphatic carbocycles. The molecule has 1 aliphatic heterocycles. The number of nitrogens with one attached hydrogen (secondary N) is 1. The number of amides is 1. The number of benzene rings is 1. The first kappa shape index (κ1) is 17.9. The molecule has 5 rings (SSSR count). The van der Waals surface area contributed by atoms with Gasteiger partial charge in [-0.3, -0.25) is 4.79 Å². The van der Waals surface area contributed by atoms with Crippen LogP contribution in [-0.2, 0) is 17.8 Å². The Morgan fingerprint density at radius 2 is 2.24 bits per heavy atom. The third kappa shape index (κ3) is 3.08. The molecule has 1 amide bonds. The summed E-state index contributed by atoms with van der Waals surface area (Å²) >= 11 is 1.45. The van der Waals surface area contributed by atoms with Crippen molar-refractivity contribution in [1.29, 1.82) is 0 Å². The number of carbonyl (C=O) groups is 1. The Morgan fingerprint density at radius 3 is 3.03 bits per heavy atom. The SMILES string of the molecule is COc1cccc2cc(C(=O)Nc3sc4c(c3-c3nc(C)no3)CCOC4)oc12. The number of rotatable bonds is 4. The molecule has 0 radical (unpaired) electrons. The molecule has 9 heteroatoms. The van der Waals surface area contributed by atoms with E-state index in [4.69, 9.17) is 18.4 Å². The number of para-hydroxylation sites is 1. The van der Waals surface area contributed by atoms with Crippen LogP contribution in [0.2, 0.25) is 0 Å². The fraction of sp³-hybridized carbons (Fsp3) is 0.250. The molecule has 1 aliphatic rings. The fourth-order valence-electron chi connectivity index (χ4n) is 3.42. The van der Waals surface area contributed by atoms with Gasteiger partial charge in [0.05, 0.1) is 25.9 Å². The number of fused-ring (bicyclic) bond motifs is 2. The lowest BCUT2D eigenvalue weighted by Crippen LogP contribution is -2.11. The number of thiophene rings is 1. The minimum absolute atomic E-state index is 0.194. The van der Waals surface area contributed by atoms with Crippen LogP contribution in [0.15, 0.2) is 33.2 Å². The molecule has 0 bridgehead atoms. The number of hydrogen-bond acceptors (Lipinski definition) is 8. The summed E-state index contributed by atoms with van der Waals surface area (Å²) in [6.07, 6.45) is 0.723. The van der Waals surface area contributed by atoms with Crippen LogP contribution in [0.5, 0.6) is 5.75 Å². The van der Waals surface area contributed by atoms with Gasteiger partial charge in [-0.05, 0) is 31.0 Å². The highest BCUT2D eigenvalue weighted by atomic mass is 32.1. The van der Waals surface area contributed by atoms with Crippen LogP contribution in [0, 0.1) is 6.92 Å². The summed E-state index contributed by atoms with van der Waals surface area (Å²) in [5.41, 5.74) is 2.37. The monoisotopic (exact) mass is 411 g/mol. The molecule has 4 aromatic rings. The molecule has 29 heavy (non-hydrogen) atoms. The average molecular weight is 411 g/mol. The smallest absolute Gasteiger partial charge is 0.292 e. The molecule has 0 saturated heterocycles. The number of methoxy groups -OCH3 is 1. The van der Waals surface area contributed by atoms with E-state index in [0.717, 1.165) is 27.8 Å². The predicted octanol–water partition coefficient (Wildman–Crippen LogP) is 4.19. The van der Waals surface area contributed by atoms with Crippen molar-refractivity contribution in [2.45, 2.75) is 20.0 Å². The Balaban J connectivity index is 1.53. The maximum absolute atomic E-state index is 12.9. The number of furan rings is 1. The van der Waals surface area contributed by atoms with Gasteiger partial charge in [0.2, 0.25) is 0 Å². The number of hydrogen-bond donors (Lipinski definition) is 1. The summed E-state index contributed by atoms with van der Waals surface area (Å²) in [5, 5.41) is 8.27. The summed E-state index contributed by atoms with van der Waals surface area (Å²) in [6, 6.07) is 7.20. The fourth-order valence-corrected chi connectivity index (χ4v) is 4.59. The minimum Gasteiger partial charge on any atom is -0.493 e. The Kier molecular flexibility index (Phi) is 4.33. The van der Waals surface area contributed by atoms with E-state index in [1.54, 1.807) is 26.2 Å². The normalized spacial score (nSPS) is 13.4. The van der Waals surface area contributed by atoms with Crippen molar-refractivity contribution in [3.8, 4) is 17.2 Å². The van der Waals surface area contributed by atoms with E-state index in [1.165, 1.54) is 11.3 Å². The molecule has 0 fully saturated rings. The van der Waals surface area contributed by atoms with Crippen LogP contribution >= 0.6 is 11.3 Å². The third-order valence-corrected chi connectivity index (χ3v) is 5.86. The molecule has 4 heterocycles. The standard InChI is InChI=1S/C20H17N3O5S/c1-10-21-19(28-23-10)16-12-6-7-26-9-15(12)29-20(16)22-18(24)14-8-11-4-3-5-13(25-2)17(11)27-14/h3-5,8H,6-7,9H2,1-2H3,(H,22,24). The number of nitrogens with zero attached hydrogens (tertiary/aromatic N) is 2. The van der Waals surface area contributed by atoms with Crippen molar-refractivity contribution < 1.29 is 23.2 Å². The number of aryl methyl sites for hydroxylation is 1. The highest BCUT2D eigenvalue weighted by Crippen LogP contribution is 2.42. The summed E-state index contributed by atoms with van der Waals surface area (Å²) in [7, 11) is 1.56. The number of carbonyl (C=O) groups excluding carboxylic acids is 1. The molecule has 0 spiro atoms. The van der Waals surface area contributed by atoms with E-state index >= 15 is 0 Å².